The molecule has 1 unspecified atom stereocenters. The van der Waals surface area contributed by atoms with Crippen molar-refractivity contribution in [1.82, 2.24) is 4.57 Å². The second-order valence-electron chi connectivity index (χ2n) is 4.28. The molecule has 0 saturated heterocycles. The number of aryl methyl sites for hydroxylation is 1. The van der Waals surface area contributed by atoms with E-state index in [1.807, 2.05) is 12.1 Å². The standard InChI is InChI=1S/C12H14N2O/c13-9-3-4-14-10(6-9)5-8-1-2-11(15)7-12(8)14/h1-2,5,7,9,15H,3-4,6,13H2. The van der Waals surface area contributed by atoms with E-state index in [1.54, 1.807) is 6.07 Å². The number of aromatic hydroxyl groups is 1. The molecule has 78 valence electrons. The summed E-state index contributed by atoms with van der Waals surface area (Å²) in [6.45, 7) is 0.962. The molecule has 0 saturated carbocycles. The van der Waals surface area contributed by atoms with E-state index in [1.165, 1.54) is 11.1 Å². The Hall–Kier alpha value is -1.48. The largest absolute Gasteiger partial charge is 0.508 e. The third kappa shape index (κ3) is 1.31. The first-order valence-corrected chi connectivity index (χ1v) is 5.31. The van der Waals surface area contributed by atoms with Crippen LogP contribution in [-0.2, 0) is 13.0 Å². The van der Waals surface area contributed by atoms with E-state index in [-0.39, 0.29) is 6.04 Å². The highest BCUT2D eigenvalue weighted by atomic mass is 16.3. The molecule has 0 bridgehead atoms. The van der Waals surface area contributed by atoms with Gasteiger partial charge >= 0.3 is 0 Å². The molecule has 0 radical (unpaired) electrons. The summed E-state index contributed by atoms with van der Waals surface area (Å²) in [7, 11) is 0. The van der Waals surface area contributed by atoms with E-state index in [2.05, 4.69) is 10.6 Å². The fourth-order valence-electron chi connectivity index (χ4n) is 2.40. The molecule has 3 nitrogen and oxygen atoms in total. The van der Waals surface area contributed by atoms with Crippen molar-refractivity contribution >= 4 is 10.9 Å². The summed E-state index contributed by atoms with van der Waals surface area (Å²) < 4.78 is 2.26. The molecular formula is C12H14N2O. The first-order chi connectivity index (χ1) is 7.24. The molecule has 0 fully saturated rings. The van der Waals surface area contributed by atoms with Crippen molar-refractivity contribution in [2.45, 2.75) is 25.4 Å². The van der Waals surface area contributed by atoms with Crippen LogP contribution in [-0.4, -0.2) is 15.7 Å². The molecule has 1 aromatic carbocycles. The number of phenolic OH excluding ortho intramolecular Hbond substituents is 1. The molecule has 1 aliphatic heterocycles. The first kappa shape index (κ1) is 8.80. The lowest BCUT2D eigenvalue weighted by atomic mass is 10.1. The Morgan fingerprint density at radius 2 is 2.20 bits per heavy atom. The van der Waals surface area contributed by atoms with Crippen LogP contribution < -0.4 is 5.73 Å². The molecule has 0 aliphatic carbocycles. The summed E-state index contributed by atoms with van der Waals surface area (Å²) in [5.74, 6) is 0.332. The van der Waals surface area contributed by atoms with Crippen LogP contribution in [0, 0.1) is 0 Å². The predicted molar refractivity (Wildman–Crippen MR) is 59.9 cm³/mol. The molecule has 1 aromatic heterocycles. The Balaban J connectivity index is 2.24. The van der Waals surface area contributed by atoms with E-state index < -0.39 is 0 Å². The van der Waals surface area contributed by atoms with Crippen LogP contribution >= 0.6 is 0 Å². The highest BCUT2D eigenvalue weighted by molar-refractivity contribution is 5.82. The zero-order valence-electron chi connectivity index (χ0n) is 8.48. The van der Waals surface area contributed by atoms with Crippen LogP contribution in [0.3, 0.4) is 0 Å². The number of rotatable bonds is 0. The second kappa shape index (κ2) is 3.00. The molecular weight excluding hydrogens is 188 g/mol. The molecule has 2 aromatic rings. The van der Waals surface area contributed by atoms with Gasteiger partial charge in [0.2, 0.25) is 0 Å². The Morgan fingerprint density at radius 3 is 3.07 bits per heavy atom. The second-order valence-corrected chi connectivity index (χ2v) is 4.28. The summed E-state index contributed by atoms with van der Waals surface area (Å²) >= 11 is 0. The summed E-state index contributed by atoms with van der Waals surface area (Å²) in [4.78, 5) is 0. The van der Waals surface area contributed by atoms with Gasteiger partial charge < -0.3 is 15.4 Å². The van der Waals surface area contributed by atoms with E-state index in [0.29, 0.717) is 5.75 Å². The number of nitrogens with two attached hydrogens (primary N) is 1. The molecule has 1 aliphatic rings. The zero-order valence-corrected chi connectivity index (χ0v) is 8.48. The molecule has 3 heteroatoms. The molecule has 15 heavy (non-hydrogen) atoms. The van der Waals surface area contributed by atoms with Gasteiger partial charge in [-0.05, 0) is 24.6 Å². The van der Waals surface area contributed by atoms with Gasteiger partial charge in [-0.25, -0.2) is 0 Å². The summed E-state index contributed by atoms with van der Waals surface area (Å²) in [5, 5.41) is 10.7. The fourth-order valence-corrected chi connectivity index (χ4v) is 2.40. The minimum atomic E-state index is 0.287. The van der Waals surface area contributed by atoms with Crippen molar-refractivity contribution in [2.75, 3.05) is 0 Å². The van der Waals surface area contributed by atoms with Crippen LogP contribution in [0.2, 0.25) is 0 Å². The average molecular weight is 202 g/mol. The average Bonchev–Trinajstić information content (AvgIpc) is 2.54. The minimum absolute atomic E-state index is 0.287. The van der Waals surface area contributed by atoms with Gasteiger partial charge in [0, 0.05) is 36.2 Å². The van der Waals surface area contributed by atoms with Gasteiger partial charge in [0.15, 0.2) is 0 Å². The lowest BCUT2D eigenvalue weighted by molar-refractivity contribution is 0.471. The Morgan fingerprint density at radius 1 is 1.33 bits per heavy atom. The Labute approximate surface area is 88.1 Å². The maximum Gasteiger partial charge on any atom is 0.117 e. The molecule has 3 rings (SSSR count). The number of nitrogens with zero attached hydrogens (tertiary/aromatic N) is 1. The minimum Gasteiger partial charge on any atom is -0.508 e. The normalized spacial score (nSPS) is 20.5. The van der Waals surface area contributed by atoms with Gasteiger partial charge in [-0.1, -0.05) is 0 Å². The van der Waals surface area contributed by atoms with Crippen molar-refractivity contribution in [3.05, 3.63) is 30.0 Å². The molecule has 0 amide bonds. The van der Waals surface area contributed by atoms with Gasteiger partial charge in [-0.2, -0.15) is 0 Å². The topological polar surface area (TPSA) is 51.2 Å². The molecule has 3 N–H and O–H groups in total. The SMILES string of the molecule is NC1CCn2c(cc3ccc(O)cc32)C1. The van der Waals surface area contributed by atoms with Crippen molar-refractivity contribution < 1.29 is 5.11 Å². The lowest BCUT2D eigenvalue weighted by Gasteiger charge is -2.21. The zero-order chi connectivity index (χ0) is 10.4. The highest BCUT2D eigenvalue weighted by Gasteiger charge is 2.17. The Bertz CT molecular complexity index is 516. The maximum atomic E-state index is 9.46. The van der Waals surface area contributed by atoms with Gasteiger partial charge in [-0.15, -0.1) is 0 Å². The van der Waals surface area contributed by atoms with E-state index in [4.69, 9.17) is 5.73 Å². The summed E-state index contributed by atoms with van der Waals surface area (Å²) in [5.41, 5.74) is 8.35. The Kier molecular flexibility index (Phi) is 1.76. The van der Waals surface area contributed by atoms with Gasteiger partial charge in [0.05, 0.1) is 5.52 Å². The number of fused-ring (bicyclic) bond motifs is 3. The van der Waals surface area contributed by atoms with E-state index in [0.717, 1.165) is 24.9 Å². The third-order valence-electron chi connectivity index (χ3n) is 3.17. The maximum absolute atomic E-state index is 9.46. The van der Waals surface area contributed by atoms with E-state index in [9.17, 15) is 5.11 Å². The van der Waals surface area contributed by atoms with Crippen LogP contribution in [0.5, 0.6) is 5.75 Å². The molecule has 1 atom stereocenters. The van der Waals surface area contributed by atoms with Crippen LogP contribution in [0.4, 0.5) is 0 Å². The number of hydrogen-bond donors (Lipinski definition) is 2. The smallest absolute Gasteiger partial charge is 0.117 e. The predicted octanol–water partition coefficient (Wildman–Crippen LogP) is 1.62. The summed E-state index contributed by atoms with van der Waals surface area (Å²) in [6, 6.07) is 7.98. The van der Waals surface area contributed by atoms with Crippen LogP contribution in [0.1, 0.15) is 12.1 Å². The van der Waals surface area contributed by atoms with Gasteiger partial charge in [0.1, 0.15) is 5.75 Å². The van der Waals surface area contributed by atoms with Crippen LogP contribution in [0.15, 0.2) is 24.3 Å². The van der Waals surface area contributed by atoms with Gasteiger partial charge in [0.25, 0.3) is 0 Å². The molecule has 0 spiro atoms. The number of aromatic nitrogens is 1. The van der Waals surface area contributed by atoms with Crippen molar-refractivity contribution in [2.24, 2.45) is 5.73 Å². The van der Waals surface area contributed by atoms with Crippen LogP contribution in [0.25, 0.3) is 10.9 Å². The number of hydrogen-bond acceptors (Lipinski definition) is 2. The monoisotopic (exact) mass is 202 g/mol. The van der Waals surface area contributed by atoms with Crippen molar-refractivity contribution in [3.63, 3.8) is 0 Å². The first-order valence-electron chi connectivity index (χ1n) is 5.31. The third-order valence-corrected chi connectivity index (χ3v) is 3.17. The number of phenols is 1. The van der Waals surface area contributed by atoms with Crippen molar-refractivity contribution in [3.8, 4) is 5.75 Å². The van der Waals surface area contributed by atoms with E-state index >= 15 is 0 Å². The van der Waals surface area contributed by atoms with Gasteiger partial charge in [-0.3, -0.25) is 0 Å². The lowest BCUT2D eigenvalue weighted by Crippen LogP contribution is -2.30. The highest BCUT2D eigenvalue weighted by Crippen LogP contribution is 2.27. The van der Waals surface area contributed by atoms with Crippen molar-refractivity contribution in [1.29, 1.82) is 0 Å². The molecule has 2 heterocycles. The number of benzene rings is 1. The quantitative estimate of drug-likeness (QED) is 0.682. The fraction of sp³-hybridized carbons (Fsp3) is 0.333. The summed E-state index contributed by atoms with van der Waals surface area (Å²) in [6.07, 6.45) is 1.96.